The largest absolute Gasteiger partial charge is 0.490 e. The molecule has 22 heavy (non-hydrogen) atoms. The predicted molar refractivity (Wildman–Crippen MR) is 91.1 cm³/mol. The Bertz CT molecular complexity index is 698. The molecule has 5 heteroatoms. The third-order valence-corrected chi connectivity index (χ3v) is 3.78. The molecule has 0 aromatic heterocycles. The highest BCUT2D eigenvalue weighted by atomic mass is 79.9. The first-order valence-electron chi connectivity index (χ1n) is 6.81. The summed E-state index contributed by atoms with van der Waals surface area (Å²) < 4.78 is 11.8. The van der Waals surface area contributed by atoms with E-state index in [2.05, 4.69) is 15.9 Å². The van der Waals surface area contributed by atoms with Crippen molar-refractivity contribution < 1.29 is 14.3 Å². The quantitative estimate of drug-likeness (QED) is 0.522. The van der Waals surface area contributed by atoms with Crippen LogP contribution in [0.5, 0.6) is 11.5 Å². The molecule has 0 aliphatic rings. The minimum atomic E-state index is -0.489. The van der Waals surface area contributed by atoms with Gasteiger partial charge in [-0.1, -0.05) is 33.6 Å². The van der Waals surface area contributed by atoms with Gasteiger partial charge in [-0.15, -0.1) is 0 Å². The molecule has 0 N–H and O–H groups in total. The van der Waals surface area contributed by atoms with E-state index in [1.165, 1.54) is 0 Å². The molecule has 2 rings (SSSR count). The van der Waals surface area contributed by atoms with Gasteiger partial charge in [0.1, 0.15) is 17.1 Å². The van der Waals surface area contributed by atoms with E-state index < -0.39 is 5.97 Å². The van der Waals surface area contributed by atoms with Gasteiger partial charge in [0.15, 0.2) is 0 Å². The van der Waals surface area contributed by atoms with Gasteiger partial charge in [-0.05, 0) is 56.7 Å². The zero-order chi connectivity index (χ0) is 16.3. The average Bonchev–Trinajstić information content (AvgIpc) is 2.44. The van der Waals surface area contributed by atoms with Gasteiger partial charge < -0.3 is 9.47 Å². The highest BCUT2D eigenvalue weighted by Crippen LogP contribution is 2.27. The number of hydrogen-bond donors (Lipinski definition) is 0. The Labute approximate surface area is 143 Å². The van der Waals surface area contributed by atoms with E-state index in [1.807, 2.05) is 26.8 Å². The van der Waals surface area contributed by atoms with Crippen LogP contribution in [0.3, 0.4) is 0 Å². The van der Waals surface area contributed by atoms with E-state index in [0.29, 0.717) is 22.1 Å². The zero-order valence-corrected chi connectivity index (χ0v) is 14.9. The number of esters is 1. The van der Waals surface area contributed by atoms with Crippen LogP contribution in [0.1, 0.15) is 29.8 Å². The topological polar surface area (TPSA) is 35.5 Å². The molecule has 0 saturated carbocycles. The molecule has 0 atom stereocenters. The monoisotopic (exact) mass is 382 g/mol. The molecule has 2 aromatic carbocycles. The molecule has 0 amide bonds. The molecule has 0 radical (unpaired) electrons. The number of aryl methyl sites for hydroxylation is 1. The summed E-state index contributed by atoms with van der Waals surface area (Å²) in [4.78, 5) is 12.4. The van der Waals surface area contributed by atoms with E-state index in [0.717, 1.165) is 10.0 Å². The maximum atomic E-state index is 12.4. The Balaban J connectivity index is 2.28. The average molecular weight is 384 g/mol. The van der Waals surface area contributed by atoms with E-state index >= 15 is 0 Å². The van der Waals surface area contributed by atoms with Crippen LogP contribution in [0.2, 0.25) is 5.02 Å². The molecule has 0 heterocycles. The molecule has 0 aliphatic heterocycles. The summed E-state index contributed by atoms with van der Waals surface area (Å²) in [6, 6.07) is 10.4. The van der Waals surface area contributed by atoms with Crippen LogP contribution in [-0.2, 0) is 0 Å². The van der Waals surface area contributed by atoms with Crippen LogP contribution in [0, 0.1) is 6.92 Å². The van der Waals surface area contributed by atoms with Crippen molar-refractivity contribution in [3.05, 3.63) is 57.0 Å². The fourth-order valence-corrected chi connectivity index (χ4v) is 2.35. The number of ether oxygens (including phenoxy) is 2. The fourth-order valence-electron chi connectivity index (χ4n) is 1.82. The van der Waals surface area contributed by atoms with Crippen LogP contribution >= 0.6 is 27.5 Å². The highest BCUT2D eigenvalue weighted by molar-refractivity contribution is 9.10. The van der Waals surface area contributed by atoms with E-state index in [9.17, 15) is 4.79 Å². The molecule has 0 saturated heterocycles. The van der Waals surface area contributed by atoms with Crippen LogP contribution < -0.4 is 9.47 Å². The van der Waals surface area contributed by atoms with Crippen molar-refractivity contribution in [1.82, 2.24) is 0 Å². The van der Waals surface area contributed by atoms with Crippen molar-refractivity contribution >= 4 is 33.5 Å². The Morgan fingerprint density at radius 1 is 1.18 bits per heavy atom. The van der Waals surface area contributed by atoms with Crippen molar-refractivity contribution in [3.63, 3.8) is 0 Å². The Morgan fingerprint density at radius 3 is 2.55 bits per heavy atom. The maximum Gasteiger partial charge on any atom is 0.347 e. The van der Waals surface area contributed by atoms with Gasteiger partial charge >= 0.3 is 5.97 Å². The minimum Gasteiger partial charge on any atom is -0.490 e. The van der Waals surface area contributed by atoms with Gasteiger partial charge in [0.25, 0.3) is 0 Å². The fraction of sp³-hybridized carbons (Fsp3) is 0.235. The molecule has 0 bridgehead atoms. The summed E-state index contributed by atoms with van der Waals surface area (Å²) in [6.07, 6.45) is -0.0402. The van der Waals surface area contributed by atoms with Crippen molar-refractivity contribution in [2.24, 2.45) is 0 Å². The molecule has 3 nitrogen and oxygen atoms in total. The molecule has 0 unspecified atom stereocenters. The number of halogens is 2. The Morgan fingerprint density at radius 2 is 1.91 bits per heavy atom. The summed E-state index contributed by atoms with van der Waals surface area (Å²) in [7, 11) is 0. The lowest BCUT2D eigenvalue weighted by atomic mass is 10.2. The summed E-state index contributed by atoms with van der Waals surface area (Å²) in [6.45, 7) is 5.69. The number of carbonyl (C=O) groups is 1. The first-order valence-corrected chi connectivity index (χ1v) is 7.98. The van der Waals surface area contributed by atoms with Crippen molar-refractivity contribution in [2.45, 2.75) is 26.9 Å². The molecular formula is C17H16BrClO3. The molecule has 0 aliphatic carbocycles. The number of rotatable bonds is 4. The lowest BCUT2D eigenvalue weighted by molar-refractivity contribution is 0.0728. The van der Waals surface area contributed by atoms with E-state index in [-0.39, 0.29) is 6.10 Å². The lowest BCUT2D eigenvalue weighted by Crippen LogP contribution is -2.14. The first-order chi connectivity index (χ1) is 10.4. The Hall–Kier alpha value is -1.52. The third kappa shape index (κ3) is 4.24. The number of hydrogen-bond acceptors (Lipinski definition) is 3. The second kappa shape index (κ2) is 7.16. The van der Waals surface area contributed by atoms with Crippen LogP contribution in [0.15, 0.2) is 40.9 Å². The van der Waals surface area contributed by atoms with E-state index in [4.69, 9.17) is 21.1 Å². The van der Waals surface area contributed by atoms with Crippen LogP contribution in [-0.4, -0.2) is 12.1 Å². The minimum absolute atomic E-state index is 0.0402. The first kappa shape index (κ1) is 16.8. The van der Waals surface area contributed by atoms with Gasteiger partial charge in [-0.2, -0.15) is 0 Å². The lowest BCUT2D eigenvalue weighted by Gasteiger charge is -2.14. The number of benzene rings is 2. The van der Waals surface area contributed by atoms with Crippen LogP contribution in [0.4, 0.5) is 0 Å². The SMILES string of the molecule is Cc1ccc(OC(=O)c2cc(Br)ccc2OC(C)C)cc1Cl. The van der Waals surface area contributed by atoms with Gasteiger partial charge in [0.2, 0.25) is 0 Å². The summed E-state index contributed by atoms with van der Waals surface area (Å²) in [5, 5.41) is 0.554. The molecular weight excluding hydrogens is 368 g/mol. The van der Waals surface area contributed by atoms with Crippen molar-refractivity contribution in [2.75, 3.05) is 0 Å². The summed E-state index contributed by atoms with van der Waals surface area (Å²) in [5.74, 6) is 0.398. The summed E-state index contributed by atoms with van der Waals surface area (Å²) >= 11 is 9.40. The normalized spacial score (nSPS) is 10.6. The zero-order valence-electron chi connectivity index (χ0n) is 12.5. The van der Waals surface area contributed by atoms with Gasteiger partial charge in [-0.25, -0.2) is 4.79 Å². The van der Waals surface area contributed by atoms with Crippen LogP contribution in [0.25, 0.3) is 0 Å². The number of carbonyl (C=O) groups excluding carboxylic acids is 1. The highest BCUT2D eigenvalue weighted by Gasteiger charge is 2.17. The van der Waals surface area contributed by atoms with Crippen molar-refractivity contribution in [1.29, 1.82) is 0 Å². The predicted octanol–water partition coefficient (Wildman–Crippen LogP) is 5.42. The molecule has 116 valence electrons. The molecule has 0 spiro atoms. The summed E-state index contributed by atoms with van der Waals surface area (Å²) in [5.41, 5.74) is 1.28. The molecule has 0 fully saturated rings. The van der Waals surface area contributed by atoms with E-state index in [1.54, 1.807) is 30.3 Å². The third-order valence-electron chi connectivity index (χ3n) is 2.88. The maximum absolute atomic E-state index is 12.4. The molecule has 2 aromatic rings. The van der Waals surface area contributed by atoms with Crippen molar-refractivity contribution in [3.8, 4) is 11.5 Å². The smallest absolute Gasteiger partial charge is 0.347 e. The van der Waals surface area contributed by atoms with Gasteiger partial charge in [-0.3, -0.25) is 0 Å². The van der Waals surface area contributed by atoms with Gasteiger partial charge in [0.05, 0.1) is 6.10 Å². The van der Waals surface area contributed by atoms with Gasteiger partial charge in [0, 0.05) is 9.50 Å². The second-order valence-corrected chi connectivity index (χ2v) is 6.43. The second-order valence-electron chi connectivity index (χ2n) is 5.11. The Kier molecular flexibility index (Phi) is 5.48. The standard InChI is InChI=1S/C17H16BrClO3/c1-10(2)21-16-7-5-12(18)8-14(16)17(20)22-13-6-4-11(3)15(19)9-13/h4-10H,1-3H3.